The van der Waals surface area contributed by atoms with E-state index in [1.807, 2.05) is 13.1 Å². The summed E-state index contributed by atoms with van der Waals surface area (Å²) in [6, 6.07) is 0.152. The minimum absolute atomic E-state index is 0.152. The number of aryl methyl sites for hydroxylation is 1. The molecule has 7 heteroatoms. The number of piperazine rings is 1. The van der Waals surface area contributed by atoms with Crippen LogP contribution in [0.1, 0.15) is 47.8 Å². The summed E-state index contributed by atoms with van der Waals surface area (Å²) in [5.41, 5.74) is 1.23. The van der Waals surface area contributed by atoms with Gasteiger partial charge in [0.1, 0.15) is 11.8 Å². The van der Waals surface area contributed by atoms with Gasteiger partial charge in [-0.1, -0.05) is 10.3 Å². The van der Waals surface area contributed by atoms with Gasteiger partial charge in [0, 0.05) is 37.7 Å². The van der Waals surface area contributed by atoms with Gasteiger partial charge in [0.25, 0.3) is 0 Å². The normalized spacial score (nSPS) is 24.0. The van der Waals surface area contributed by atoms with Crippen LogP contribution in [0.25, 0.3) is 0 Å². The van der Waals surface area contributed by atoms with Gasteiger partial charge in [-0.05, 0) is 26.8 Å². The first-order valence-corrected chi connectivity index (χ1v) is 7.87. The number of nitrogens with zero attached hydrogens (tertiary/aromatic N) is 5. The number of aromatic nitrogens is 3. The maximum Gasteiger partial charge on any atom is 0.245 e. The zero-order chi connectivity index (χ0) is 15.1. The van der Waals surface area contributed by atoms with Crippen molar-refractivity contribution in [3.05, 3.63) is 29.2 Å². The van der Waals surface area contributed by atoms with Gasteiger partial charge in [-0.25, -0.2) is 0 Å². The Balaban J connectivity index is 1.47. The number of hydrogen-bond acceptors (Lipinski definition) is 7. The lowest BCUT2D eigenvalue weighted by Crippen LogP contribution is -2.46. The molecule has 1 aliphatic carbocycles. The molecule has 1 saturated carbocycles. The lowest BCUT2D eigenvalue weighted by molar-refractivity contribution is 0.0711. The summed E-state index contributed by atoms with van der Waals surface area (Å²) in [4.78, 5) is 9.09. The molecule has 1 atom stereocenters. The van der Waals surface area contributed by atoms with Crippen molar-refractivity contribution in [2.24, 2.45) is 0 Å². The van der Waals surface area contributed by atoms with Gasteiger partial charge in [-0.2, -0.15) is 4.98 Å². The lowest BCUT2D eigenvalue weighted by atomic mass is 10.1. The van der Waals surface area contributed by atoms with Crippen molar-refractivity contribution in [2.75, 3.05) is 26.7 Å². The fourth-order valence-corrected chi connectivity index (χ4v) is 3.10. The molecule has 1 saturated heterocycles. The van der Waals surface area contributed by atoms with Crippen molar-refractivity contribution in [3.63, 3.8) is 0 Å². The van der Waals surface area contributed by atoms with Crippen LogP contribution in [0.2, 0.25) is 0 Å². The number of rotatable bonds is 4. The number of hydrogen-bond donors (Lipinski definition) is 0. The highest BCUT2D eigenvalue weighted by Crippen LogP contribution is 2.42. The van der Waals surface area contributed by atoms with Crippen molar-refractivity contribution >= 4 is 0 Å². The van der Waals surface area contributed by atoms with E-state index in [4.69, 9.17) is 9.05 Å². The minimum Gasteiger partial charge on any atom is -0.361 e. The Morgan fingerprint density at radius 3 is 2.86 bits per heavy atom. The van der Waals surface area contributed by atoms with Crippen LogP contribution in [0.5, 0.6) is 0 Å². The molecule has 1 aliphatic heterocycles. The Morgan fingerprint density at radius 2 is 2.14 bits per heavy atom. The highest BCUT2D eigenvalue weighted by atomic mass is 16.5. The van der Waals surface area contributed by atoms with E-state index in [-0.39, 0.29) is 6.04 Å². The van der Waals surface area contributed by atoms with E-state index in [0.717, 1.165) is 31.9 Å². The third-order valence-electron chi connectivity index (χ3n) is 4.58. The quantitative estimate of drug-likeness (QED) is 0.851. The zero-order valence-corrected chi connectivity index (χ0v) is 13.0. The van der Waals surface area contributed by atoms with Crippen molar-refractivity contribution in [3.8, 4) is 0 Å². The van der Waals surface area contributed by atoms with Crippen LogP contribution in [-0.4, -0.2) is 51.8 Å². The Bertz CT molecular complexity index is 648. The Hall–Kier alpha value is -1.73. The van der Waals surface area contributed by atoms with E-state index < -0.39 is 0 Å². The maximum atomic E-state index is 5.44. The highest BCUT2D eigenvalue weighted by Gasteiger charge is 2.33. The molecule has 4 rings (SSSR count). The fourth-order valence-electron chi connectivity index (χ4n) is 3.10. The molecule has 7 nitrogen and oxygen atoms in total. The van der Waals surface area contributed by atoms with E-state index in [9.17, 15) is 0 Å². The van der Waals surface area contributed by atoms with Gasteiger partial charge >= 0.3 is 0 Å². The standard InChI is InChI=1S/C15H21N5O2/c1-10-17-15(22-18-10)13-9-20(6-5-19(13)2)8-12-7-16-21-14(12)11-3-4-11/h7,11,13H,3-6,8-9H2,1-2H3/t13-/m0/s1. The zero-order valence-electron chi connectivity index (χ0n) is 13.0. The van der Waals surface area contributed by atoms with Gasteiger partial charge in [0.15, 0.2) is 5.82 Å². The second kappa shape index (κ2) is 5.48. The Labute approximate surface area is 129 Å². The summed E-state index contributed by atoms with van der Waals surface area (Å²) in [7, 11) is 2.11. The van der Waals surface area contributed by atoms with E-state index in [2.05, 4.69) is 32.1 Å². The van der Waals surface area contributed by atoms with Crippen LogP contribution in [0.15, 0.2) is 15.2 Å². The highest BCUT2D eigenvalue weighted by molar-refractivity contribution is 5.21. The third kappa shape index (κ3) is 2.66. The minimum atomic E-state index is 0.152. The first kappa shape index (κ1) is 13.9. The van der Waals surface area contributed by atoms with Gasteiger partial charge in [0.2, 0.25) is 5.89 Å². The second-order valence-electron chi connectivity index (χ2n) is 6.40. The molecule has 0 spiro atoms. The van der Waals surface area contributed by atoms with Crippen molar-refractivity contribution in [1.82, 2.24) is 25.1 Å². The molecule has 118 valence electrons. The van der Waals surface area contributed by atoms with Crippen molar-refractivity contribution in [1.29, 1.82) is 0 Å². The molecular weight excluding hydrogens is 282 g/mol. The molecule has 2 aromatic heterocycles. The topological polar surface area (TPSA) is 71.4 Å². The molecule has 0 bridgehead atoms. The van der Waals surface area contributed by atoms with Gasteiger partial charge in [-0.15, -0.1) is 0 Å². The fraction of sp³-hybridized carbons (Fsp3) is 0.667. The molecule has 2 aromatic rings. The van der Waals surface area contributed by atoms with Crippen LogP contribution < -0.4 is 0 Å². The van der Waals surface area contributed by atoms with Crippen molar-refractivity contribution < 1.29 is 9.05 Å². The smallest absolute Gasteiger partial charge is 0.245 e. The van der Waals surface area contributed by atoms with Gasteiger partial charge in [0.05, 0.1) is 6.20 Å². The first-order valence-electron chi connectivity index (χ1n) is 7.87. The SMILES string of the molecule is Cc1noc([C@@H]2CN(Cc3cnoc3C3CC3)CCN2C)n1. The summed E-state index contributed by atoms with van der Waals surface area (Å²) in [5, 5.41) is 7.91. The molecule has 3 heterocycles. The number of likely N-dealkylation sites (N-methyl/N-ethyl adjacent to an activating group) is 1. The van der Waals surface area contributed by atoms with E-state index in [0.29, 0.717) is 17.6 Å². The molecule has 2 aliphatic rings. The van der Waals surface area contributed by atoms with Crippen LogP contribution in [-0.2, 0) is 6.54 Å². The van der Waals surface area contributed by atoms with Crippen LogP contribution in [0.4, 0.5) is 0 Å². The Kier molecular flexibility index (Phi) is 3.46. The predicted molar refractivity (Wildman–Crippen MR) is 78.2 cm³/mol. The van der Waals surface area contributed by atoms with Crippen molar-refractivity contribution in [2.45, 2.75) is 38.3 Å². The summed E-state index contributed by atoms with van der Waals surface area (Å²) in [5.74, 6) is 3.08. The van der Waals surface area contributed by atoms with E-state index >= 15 is 0 Å². The molecular formula is C15H21N5O2. The average Bonchev–Trinajstić information content (AvgIpc) is 3.10. The lowest BCUT2D eigenvalue weighted by Gasteiger charge is -2.37. The first-order chi connectivity index (χ1) is 10.7. The summed E-state index contributed by atoms with van der Waals surface area (Å²) >= 11 is 0. The molecule has 0 N–H and O–H groups in total. The molecule has 0 radical (unpaired) electrons. The largest absolute Gasteiger partial charge is 0.361 e. The summed E-state index contributed by atoms with van der Waals surface area (Å²) in [6.07, 6.45) is 4.33. The molecule has 0 amide bonds. The monoisotopic (exact) mass is 303 g/mol. The summed E-state index contributed by atoms with van der Waals surface area (Å²) < 4.78 is 10.8. The van der Waals surface area contributed by atoms with Crippen LogP contribution in [0, 0.1) is 6.92 Å². The predicted octanol–water partition coefficient (Wildman–Crippen LogP) is 1.73. The second-order valence-corrected chi connectivity index (χ2v) is 6.40. The van der Waals surface area contributed by atoms with Crippen LogP contribution >= 0.6 is 0 Å². The molecule has 2 fully saturated rings. The van der Waals surface area contributed by atoms with Gasteiger partial charge in [-0.3, -0.25) is 9.80 Å². The molecule has 0 aromatic carbocycles. The third-order valence-corrected chi connectivity index (χ3v) is 4.58. The average molecular weight is 303 g/mol. The van der Waals surface area contributed by atoms with E-state index in [1.54, 1.807) is 0 Å². The molecule has 22 heavy (non-hydrogen) atoms. The van der Waals surface area contributed by atoms with E-state index in [1.165, 1.54) is 18.4 Å². The molecule has 0 unspecified atom stereocenters. The van der Waals surface area contributed by atoms with Crippen LogP contribution in [0.3, 0.4) is 0 Å². The maximum absolute atomic E-state index is 5.44. The Morgan fingerprint density at radius 1 is 1.27 bits per heavy atom. The van der Waals surface area contributed by atoms with Gasteiger partial charge < -0.3 is 9.05 Å². The summed E-state index contributed by atoms with van der Waals surface area (Å²) in [6.45, 7) is 5.62.